The number of hydrogen-bond acceptors (Lipinski definition) is 3. The average Bonchev–Trinajstić information content (AvgIpc) is 3.00. The number of rotatable bonds is 3. The number of hydrogen-bond donors (Lipinski definition) is 0. The number of halogens is 1. The molecular formula is C14H15FO3. The van der Waals surface area contributed by atoms with Gasteiger partial charge in [0.1, 0.15) is 11.6 Å². The van der Waals surface area contributed by atoms with E-state index in [2.05, 4.69) is 0 Å². The number of methoxy groups -OCH3 is 1. The van der Waals surface area contributed by atoms with Crippen LogP contribution in [-0.4, -0.2) is 25.1 Å². The monoisotopic (exact) mass is 250 g/mol. The number of benzene rings is 1. The molecule has 0 saturated carbocycles. The van der Waals surface area contributed by atoms with Gasteiger partial charge in [0.25, 0.3) is 0 Å². The third-order valence-electron chi connectivity index (χ3n) is 3.88. The van der Waals surface area contributed by atoms with Gasteiger partial charge in [-0.2, -0.15) is 0 Å². The van der Waals surface area contributed by atoms with E-state index < -0.39 is 5.82 Å². The second-order valence-corrected chi connectivity index (χ2v) is 4.93. The molecular weight excluding hydrogens is 235 g/mol. The van der Waals surface area contributed by atoms with E-state index >= 15 is 0 Å². The molecule has 3 unspecified atom stereocenters. The van der Waals surface area contributed by atoms with E-state index in [-0.39, 0.29) is 29.5 Å². The molecule has 4 heteroatoms. The lowest BCUT2D eigenvalue weighted by molar-refractivity contribution is 0.0740. The lowest BCUT2D eigenvalue weighted by Crippen LogP contribution is -2.26. The van der Waals surface area contributed by atoms with Gasteiger partial charge in [-0.25, -0.2) is 4.39 Å². The summed E-state index contributed by atoms with van der Waals surface area (Å²) >= 11 is 0. The average molecular weight is 250 g/mol. The molecule has 96 valence electrons. The molecule has 2 heterocycles. The van der Waals surface area contributed by atoms with E-state index in [1.165, 1.54) is 19.2 Å². The number of ether oxygens (including phenoxy) is 2. The Kier molecular flexibility index (Phi) is 2.82. The molecule has 2 fully saturated rings. The van der Waals surface area contributed by atoms with Gasteiger partial charge in [-0.15, -0.1) is 0 Å². The lowest BCUT2D eigenvalue weighted by atomic mass is 9.83. The Bertz CT molecular complexity index is 486. The van der Waals surface area contributed by atoms with Crippen molar-refractivity contribution in [2.24, 2.45) is 5.92 Å². The van der Waals surface area contributed by atoms with Crippen LogP contribution >= 0.6 is 0 Å². The number of carbonyl (C=O) groups excluding carboxylic acids is 1. The van der Waals surface area contributed by atoms with Crippen molar-refractivity contribution >= 4 is 5.78 Å². The van der Waals surface area contributed by atoms with Crippen LogP contribution in [0.25, 0.3) is 0 Å². The molecule has 1 aromatic carbocycles. The second-order valence-electron chi connectivity index (χ2n) is 4.93. The molecule has 0 aromatic heterocycles. The minimum atomic E-state index is -0.512. The Morgan fingerprint density at radius 1 is 1.44 bits per heavy atom. The third kappa shape index (κ3) is 1.81. The highest BCUT2D eigenvalue weighted by atomic mass is 19.1. The van der Waals surface area contributed by atoms with Gasteiger partial charge in [0.05, 0.1) is 30.8 Å². The molecule has 0 amide bonds. The van der Waals surface area contributed by atoms with Crippen molar-refractivity contribution in [3.8, 4) is 5.75 Å². The van der Waals surface area contributed by atoms with Crippen molar-refractivity contribution in [2.45, 2.75) is 31.5 Å². The van der Waals surface area contributed by atoms with Crippen LogP contribution in [0.4, 0.5) is 4.39 Å². The second kappa shape index (κ2) is 4.35. The molecule has 0 spiro atoms. The van der Waals surface area contributed by atoms with E-state index in [1.807, 2.05) is 0 Å². The molecule has 2 aliphatic rings. The van der Waals surface area contributed by atoms with Crippen molar-refractivity contribution in [1.29, 1.82) is 0 Å². The summed E-state index contributed by atoms with van der Waals surface area (Å²) in [6, 6.07) is 4.37. The van der Waals surface area contributed by atoms with Crippen molar-refractivity contribution in [2.75, 3.05) is 7.11 Å². The van der Waals surface area contributed by atoms with E-state index in [1.54, 1.807) is 6.07 Å². The maximum absolute atomic E-state index is 13.8. The van der Waals surface area contributed by atoms with Crippen molar-refractivity contribution in [3.63, 3.8) is 0 Å². The number of carbonyl (C=O) groups is 1. The molecule has 3 nitrogen and oxygen atoms in total. The SMILES string of the molecule is COc1ccc(C(=O)C2CC3CCC2O3)c(F)c1. The fourth-order valence-electron chi connectivity index (χ4n) is 2.94. The normalized spacial score (nSPS) is 29.6. The largest absolute Gasteiger partial charge is 0.497 e. The van der Waals surface area contributed by atoms with E-state index in [9.17, 15) is 9.18 Å². The molecule has 2 bridgehead atoms. The Balaban J connectivity index is 1.84. The standard InChI is InChI=1S/C14H15FO3/c1-17-8-2-4-10(12(15)7-8)14(16)11-6-9-3-5-13(11)18-9/h2,4,7,9,11,13H,3,5-6H2,1H3. The summed E-state index contributed by atoms with van der Waals surface area (Å²) in [4.78, 5) is 12.3. The molecule has 0 N–H and O–H groups in total. The molecule has 0 aliphatic carbocycles. The van der Waals surface area contributed by atoms with Gasteiger partial charge in [-0.3, -0.25) is 4.79 Å². The maximum Gasteiger partial charge on any atom is 0.171 e. The number of ketones is 1. The third-order valence-corrected chi connectivity index (χ3v) is 3.88. The van der Waals surface area contributed by atoms with Crippen molar-refractivity contribution < 1.29 is 18.7 Å². The first kappa shape index (κ1) is 11.7. The molecule has 2 aliphatic heterocycles. The Labute approximate surface area is 105 Å². The highest BCUT2D eigenvalue weighted by molar-refractivity contribution is 5.98. The zero-order chi connectivity index (χ0) is 12.7. The first-order valence-electron chi connectivity index (χ1n) is 6.22. The van der Waals surface area contributed by atoms with Crippen molar-refractivity contribution in [3.05, 3.63) is 29.6 Å². The van der Waals surface area contributed by atoms with Gasteiger partial charge in [-0.1, -0.05) is 0 Å². The van der Waals surface area contributed by atoms with E-state index in [4.69, 9.17) is 9.47 Å². The molecule has 18 heavy (non-hydrogen) atoms. The fraction of sp³-hybridized carbons (Fsp3) is 0.500. The Hall–Kier alpha value is -1.42. The summed E-state index contributed by atoms with van der Waals surface area (Å²) in [5.74, 6) is -0.399. The predicted octanol–water partition coefficient (Wildman–Crippen LogP) is 2.58. The topological polar surface area (TPSA) is 35.5 Å². The zero-order valence-corrected chi connectivity index (χ0v) is 10.2. The van der Waals surface area contributed by atoms with Gasteiger partial charge >= 0.3 is 0 Å². The quantitative estimate of drug-likeness (QED) is 0.773. The van der Waals surface area contributed by atoms with Crippen LogP contribution in [-0.2, 0) is 4.74 Å². The van der Waals surface area contributed by atoms with Crippen LogP contribution in [0.1, 0.15) is 29.6 Å². The van der Waals surface area contributed by atoms with Crippen LogP contribution in [0.2, 0.25) is 0 Å². The molecule has 3 atom stereocenters. The lowest BCUT2D eigenvalue weighted by Gasteiger charge is -2.17. The highest BCUT2D eigenvalue weighted by Gasteiger charge is 2.44. The smallest absolute Gasteiger partial charge is 0.171 e. The zero-order valence-electron chi connectivity index (χ0n) is 10.2. The first-order valence-corrected chi connectivity index (χ1v) is 6.22. The Morgan fingerprint density at radius 2 is 2.28 bits per heavy atom. The summed E-state index contributed by atoms with van der Waals surface area (Å²) in [5.41, 5.74) is 0.150. The van der Waals surface area contributed by atoms with Crippen LogP contribution in [0.5, 0.6) is 5.75 Å². The summed E-state index contributed by atoms with van der Waals surface area (Å²) in [6.45, 7) is 0. The first-order chi connectivity index (χ1) is 8.69. The number of Topliss-reactive ketones (excluding diaryl/α,β-unsaturated/α-hetero) is 1. The van der Waals surface area contributed by atoms with Gasteiger partial charge < -0.3 is 9.47 Å². The molecule has 2 saturated heterocycles. The predicted molar refractivity (Wildman–Crippen MR) is 63.3 cm³/mol. The maximum atomic E-state index is 13.8. The van der Waals surface area contributed by atoms with Gasteiger partial charge in [0.15, 0.2) is 5.78 Å². The fourth-order valence-corrected chi connectivity index (χ4v) is 2.94. The van der Waals surface area contributed by atoms with Gasteiger partial charge in [0.2, 0.25) is 0 Å². The summed E-state index contributed by atoms with van der Waals surface area (Å²) in [7, 11) is 1.47. The molecule has 0 radical (unpaired) electrons. The Morgan fingerprint density at radius 3 is 2.83 bits per heavy atom. The summed E-state index contributed by atoms with van der Waals surface area (Å²) in [5, 5.41) is 0. The van der Waals surface area contributed by atoms with Crippen LogP contribution in [0.15, 0.2) is 18.2 Å². The van der Waals surface area contributed by atoms with Crippen molar-refractivity contribution in [1.82, 2.24) is 0 Å². The number of fused-ring (bicyclic) bond motifs is 2. The minimum absolute atomic E-state index is 0.0102. The molecule has 3 rings (SSSR count). The van der Waals surface area contributed by atoms with E-state index in [0.717, 1.165) is 19.3 Å². The van der Waals surface area contributed by atoms with Gasteiger partial charge in [-0.05, 0) is 31.4 Å². The van der Waals surface area contributed by atoms with Gasteiger partial charge in [0, 0.05) is 6.07 Å². The van der Waals surface area contributed by atoms with Crippen LogP contribution in [0, 0.1) is 11.7 Å². The highest BCUT2D eigenvalue weighted by Crippen LogP contribution is 2.40. The van der Waals surface area contributed by atoms with Crippen LogP contribution in [0.3, 0.4) is 0 Å². The molecule has 1 aromatic rings. The summed E-state index contributed by atoms with van der Waals surface area (Å²) in [6.07, 6.45) is 2.86. The minimum Gasteiger partial charge on any atom is -0.497 e. The van der Waals surface area contributed by atoms with E-state index in [0.29, 0.717) is 5.75 Å². The van der Waals surface area contributed by atoms with Crippen LogP contribution < -0.4 is 4.74 Å². The summed E-state index contributed by atoms with van der Waals surface area (Å²) < 4.78 is 24.4.